The molecule has 34 heavy (non-hydrogen) atoms. The lowest BCUT2D eigenvalue weighted by Gasteiger charge is -2.30. The van der Waals surface area contributed by atoms with Gasteiger partial charge < -0.3 is 9.47 Å². The van der Waals surface area contributed by atoms with E-state index in [1.54, 1.807) is 6.92 Å². The second-order valence-corrected chi connectivity index (χ2v) is 10.3. The molecule has 0 atom stereocenters. The minimum atomic E-state index is -0.972. The summed E-state index contributed by atoms with van der Waals surface area (Å²) in [6, 6.07) is 12.4. The molecule has 2 aromatic carbocycles. The van der Waals surface area contributed by atoms with Crippen LogP contribution in [0.4, 0.5) is 8.78 Å². The molecule has 2 saturated carbocycles. The van der Waals surface area contributed by atoms with Crippen molar-refractivity contribution >= 4 is 0 Å². The van der Waals surface area contributed by atoms with E-state index in [1.165, 1.54) is 61.8 Å². The first kappa shape index (κ1) is 25.0. The molecule has 0 spiro atoms. The first-order valence-electron chi connectivity index (χ1n) is 13.4. The van der Waals surface area contributed by atoms with E-state index in [1.807, 2.05) is 0 Å². The standard InChI is InChI=1S/C30H40F2O2/c1-3-5-21-6-10-23(11-7-21)25-14-16-26(17-15-25)24-12-8-22(9-13-24)20-34-28-19-18-27(33-4-2)29(31)30(28)32/h14-19,21-24H,3-13,20H2,1-2H3. The van der Waals surface area contributed by atoms with E-state index in [0.29, 0.717) is 25.0 Å². The molecule has 2 aliphatic rings. The third kappa shape index (κ3) is 6.12. The zero-order chi connectivity index (χ0) is 23.9. The summed E-state index contributed by atoms with van der Waals surface area (Å²) in [5, 5.41) is 0. The van der Waals surface area contributed by atoms with E-state index in [4.69, 9.17) is 9.47 Å². The van der Waals surface area contributed by atoms with Crippen LogP contribution in [-0.2, 0) is 0 Å². The number of ether oxygens (including phenoxy) is 2. The highest BCUT2D eigenvalue weighted by atomic mass is 19.2. The van der Waals surface area contributed by atoms with Gasteiger partial charge in [-0.25, -0.2) is 0 Å². The molecule has 2 fully saturated rings. The Labute approximate surface area is 204 Å². The van der Waals surface area contributed by atoms with E-state index in [2.05, 4.69) is 31.2 Å². The Balaban J connectivity index is 1.24. The minimum absolute atomic E-state index is 0.0256. The number of rotatable bonds is 9. The van der Waals surface area contributed by atoms with Gasteiger partial charge in [-0.05, 0) is 105 Å². The molecule has 4 heteroatoms. The maximum atomic E-state index is 14.3. The Kier molecular flexibility index (Phi) is 8.86. The van der Waals surface area contributed by atoms with Gasteiger partial charge in [0.15, 0.2) is 11.5 Å². The molecule has 0 saturated heterocycles. The molecule has 2 aliphatic carbocycles. The number of halogens is 2. The Hall–Kier alpha value is -2.10. The van der Waals surface area contributed by atoms with Crippen molar-refractivity contribution in [3.05, 3.63) is 59.2 Å². The van der Waals surface area contributed by atoms with Crippen molar-refractivity contribution in [1.82, 2.24) is 0 Å². The zero-order valence-electron chi connectivity index (χ0n) is 20.8. The lowest BCUT2D eigenvalue weighted by Crippen LogP contribution is -2.19. The van der Waals surface area contributed by atoms with Gasteiger partial charge in [0.1, 0.15) is 0 Å². The van der Waals surface area contributed by atoms with E-state index >= 15 is 0 Å². The van der Waals surface area contributed by atoms with Crippen LogP contribution < -0.4 is 9.47 Å². The van der Waals surface area contributed by atoms with E-state index in [0.717, 1.165) is 37.5 Å². The summed E-state index contributed by atoms with van der Waals surface area (Å²) >= 11 is 0. The summed E-state index contributed by atoms with van der Waals surface area (Å²) in [4.78, 5) is 0. The smallest absolute Gasteiger partial charge is 0.204 e. The third-order valence-corrected chi connectivity index (χ3v) is 8.06. The van der Waals surface area contributed by atoms with Crippen molar-refractivity contribution in [3.8, 4) is 11.5 Å². The Bertz CT molecular complexity index is 895. The van der Waals surface area contributed by atoms with Crippen molar-refractivity contribution < 1.29 is 18.3 Å². The van der Waals surface area contributed by atoms with Gasteiger partial charge >= 0.3 is 0 Å². The van der Waals surface area contributed by atoms with Crippen LogP contribution in [0, 0.1) is 23.5 Å². The molecule has 0 aromatic heterocycles. The molecule has 0 N–H and O–H groups in total. The second kappa shape index (κ2) is 12.0. The van der Waals surface area contributed by atoms with Crippen molar-refractivity contribution in [3.63, 3.8) is 0 Å². The molecule has 0 radical (unpaired) electrons. The van der Waals surface area contributed by atoms with Crippen LogP contribution in [0.2, 0.25) is 0 Å². The van der Waals surface area contributed by atoms with Crippen LogP contribution >= 0.6 is 0 Å². The van der Waals surface area contributed by atoms with Gasteiger partial charge in [0.2, 0.25) is 11.6 Å². The van der Waals surface area contributed by atoms with E-state index in [-0.39, 0.29) is 11.5 Å². The van der Waals surface area contributed by atoms with Gasteiger partial charge in [0.05, 0.1) is 13.2 Å². The maximum absolute atomic E-state index is 14.3. The van der Waals surface area contributed by atoms with Gasteiger partial charge in [-0.1, -0.05) is 44.0 Å². The predicted octanol–water partition coefficient (Wildman–Crippen LogP) is 8.79. The molecule has 2 nitrogen and oxygen atoms in total. The summed E-state index contributed by atoms with van der Waals surface area (Å²) in [6.45, 7) is 4.76. The molecule has 0 bridgehead atoms. The summed E-state index contributed by atoms with van der Waals surface area (Å²) in [7, 11) is 0. The van der Waals surface area contributed by atoms with E-state index < -0.39 is 11.6 Å². The molecule has 0 heterocycles. The van der Waals surface area contributed by atoms with Gasteiger partial charge in [-0.2, -0.15) is 8.78 Å². The van der Waals surface area contributed by atoms with Crippen LogP contribution in [-0.4, -0.2) is 13.2 Å². The monoisotopic (exact) mass is 470 g/mol. The van der Waals surface area contributed by atoms with Gasteiger partial charge in [-0.3, -0.25) is 0 Å². The molecule has 186 valence electrons. The Morgan fingerprint density at radius 1 is 0.647 bits per heavy atom. The Morgan fingerprint density at radius 2 is 1.12 bits per heavy atom. The van der Waals surface area contributed by atoms with Crippen LogP contribution in [0.1, 0.15) is 101 Å². The Morgan fingerprint density at radius 3 is 1.59 bits per heavy atom. The molecule has 4 rings (SSSR count). The largest absolute Gasteiger partial charge is 0.491 e. The number of hydrogen-bond donors (Lipinski definition) is 0. The predicted molar refractivity (Wildman–Crippen MR) is 134 cm³/mol. The average Bonchev–Trinajstić information content (AvgIpc) is 2.88. The first-order valence-corrected chi connectivity index (χ1v) is 13.4. The maximum Gasteiger partial charge on any atom is 0.204 e. The van der Waals surface area contributed by atoms with Crippen molar-refractivity contribution in [2.45, 2.75) is 89.9 Å². The highest BCUT2D eigenvalue weighted by Crippen LogP contribution is 2.40. The third-order valence-electron chi connectivity index (χ3n) is 8.06. The van der Waals surface area contributed by atoms with Gasteiger partial charge in [0, 0.05) is 0 Å². The van der Waals surface area contributed by atoms with Crippen LogP contribution in [0.5, 0.6) is 11.5 Å². The second-order valence-electron chi connectivity index (χ2n) is 10.3. The first-order chi connectivity index (χ1) is 16.6. The summed E-state index contributed by atoms with van der Waals surface area (Å²) in [5.74, 6) is 0.630. The molecule has 0 aliphatic heterocycles. The summed E-state index contributed by atoms with van der Waals surface area (Å²) < 4.78 is 39.1. The van der Waals surface area contributed by atoms with E-state index in [9.17, 15) is 8.78 Å². The fourth-order valence-electron chi connectivity index (χ4n) is 6.00. The van der Waals surface area contributed by atoms with Crippen molar-refractivity contribution in [2.75, 3.05) is 13.2 Å². The summed E-state index contributed by atoms with van der Waals surface area (Å²) in [6.07, 6.45) is 12.5. The minimum Gasteiger partial charge on any atom is -0.491 e. The SMILES string of the molecule is CCCC1CCC(c2ccc(C3CCC(COc4ccc(OCC)c(F)c4F)CC3)cc2)CC1. The fraction of sp³-hybridized carbons (Fsp3) is 0.600. The number of hydrogen-bond acceptors (Lipinski definition) is 2. The van der Waals surface area contributed by atoms with Gasteiger partial charge in [-0.15, -0.1) is 0 Å². The molecule has 0 unspecified atom stereocenters. The van der Waals surface area contributed by atoms with Crippen molar-refractivity contribution in [2.24, 2.45) is 11.8 Å². The number of benzene rings is 2. The average molecular weight is 471 g/mol. The molecule has 0 amide bonds. The normalized spacial score (nSPS) is 25.2. The molecular formula is C30H40F2O2. The molecular weight excluding hydrogens is 430 g/mol. The van der Waals surface area contributed by atoms with Crippen LogP contribution in [0.15, 0.2) is 36.4 Å². The lowest BCUT2D eigenvalue weighted by molar-refractivity contribution is 0.191. The highest BCUT2D eigenvalue weighted by Gasteiger charge is 2.25. The lowest BCUT2D eigenvalue weighted by atomic mass is 9.76. The van der Waals surface area contributed by atoms with Crippen molar-refractivity contribution in [1.29, 1.82) is 0 Å². The van der Waals surface area contributed by atoms with Crippen LogP contribution in [0.25, 0.3) is 0 Å². The zero-order valence-corrected chi connectivity index (χ0v) is 20.8. The van der Waals surface area contributed by atoms with Crippen LogP contribution in [0.3, 0.4) is 0 Å². The quantitative estimate of drug-likeness (QED) is 0.364. The molecule has 2 aromatic rings. The summed E-state index contributed by atoms with van der Waals surface area (Å²) in [5.41, 5.74) is 2.97. The topological polar surface area (TPSA) is 18.5 Å². The fourth-order valence-corrected chi connectivity index (χ4v) is 6.00. The highest BCUT2D eigenvalue weighted by molar-refractivity contribution is 5.35. The van der Waals surface area contributed by atoms with Gasteiger partial charge in [0.25, 0.3) is 0 Å².